The molecule has 2 N–H and O–H groups in total. The lowest BCUT2D eigenvalue weighted by Crippen LogP contribution is -2.32. The van der Waals surface area contributed by atoms with Crippen molar-refractivity contribution in [3.8, 4) is 0 Å². The number of aromatic nitrogens is 3. The summed E-state index contributed by atoms with van der Waals surface area (Å²) < 4.78 is 1.60. The van der Waals surface area contributed by atoms with Crippen LogP contribution in [0.15, 0.2) is 40.3 Å². The van der Waals surface area contributed by atoms with Crippen LogP contribution in [0, 0.1) is 0 Å². The second kappa shape index (κ2) is 7.04. The number of rotatable bonds is 7. The molecule has 1 heterocycles. The summed E-state index contributed by atoms with van der Waals surface area (Å²) in [6, 6.07) is 10.3. The fourth-order valence-corrected chi connectivity index (χ4v) is 3.12. The van der Waals surface area contributed by atoms with Crippen molar-refractivity contribution < 1.29 is 4.79 Å². The van der Waals surface area contributed by atoms with Crippen molar-refractivity contribution in [2.45, 2.75) is 49.2 Å². The molecular formula is C16H20N4O2S. The molecule has 0 spiro atoms. The van der Waals surface area contributed by atoms with Crippen LogP contribution in [0.3, 0.4) is 0 Å². The van der Waals surface area contributed by atoms with Gasteiger partial charge in [0.25, 0.3) is 0 Å². The van der Waals surface area contributed by atoms with Gasteiger partial charge >= 0.3 is 5.69 Å². The van der Waals surface area contributed by atoms with Crippen LogP contribution in [0.1, 0.15) is 25.3 Å². The van der Waals surface area contributed by atoms with Gasteiger partial charge in [0.2, 0.25) is 5.91 Å². The largest absolute Gasteiger partial charge is 0.352 e. The third kappa shape index (κ3) is 4.25. The minimum absolute atomic E-state index is 0.00237. The highest BCUT2D eigenvalue weighted by atomic mass is 32.2. The molecule has 1 aromatic heterocycles. The molecule has 1 atom stereocenters. The van der Waals surface area contributed by atoms with Crippen LogP contribution >= 0.6 is 11.8 Å². The van der Waals surface area contributed by atoms with Crippen molar-refractivity contribution in [3.05, 3.63) is 46.4 Å². The third-order valence-electron chi connectivity index (χ3n) is 3.77. The van der Waals surface area contributed by atoms with Gasteiger partial charge in [-0.3, -0.25) is 9.36 Å². The second-order valence-electron chi connectivity index (χ2n) is 5.74. The first-order valence-electron chi connectivity index (χ1n) is 7.79. The number of thioether (sulfide) groups is 1. The highest BCUT2D eigenvalue weighted by Crippen LogP contribution is 2.23. The van der Waals surface area contributed by atoms with Crippen LogP contribution < -0.4 is 11.0 Å². The average Bonchev–Trinajstić information content (AvgIpc) is 3.30. The number of aryl methyl sites for hydroxylation is 1. The van der Waals surface area contributed by atoms with Crippen molar-refractivity contribution >= 4 is 17.7 Å². The Labute approximate surface area is 138 Å². The summed E-state index contributed by atoms with van der Waals surface area (Å²) in [6.45, 7) is 2.38. The number of amides is 1. The smallest absolute Gasteiger partial charge is 0.343 e. The van der Waals surface area contributed by atoms with E-state index in [1.165, 1.54) is 11.8 Å². The molecule has 1 aliphatic carbocycles. The van der Waals surface area contributed by atoms with Crippen LogP contribution in [0.2, 0.25) is 0 Å². The van der Waals surface area contributed by atoms with Gasteiger partial charge in [0.1, 0.15) is 0 Å². The first-order chi connectivity index (χ1) is 11.1. The van der Waals surface area contributed by atoms with E-state index in [4.69, 9.17) is 0 Å². The van der Waals surface area contributed by atoms with E-state index in [0.717, 1.165) is 24.8 Å². The molecule has 23 heavy (non-hydrogen) atoms. The number of nitrogens with zero attached hydrogens (tertiary/aromatic N) is 2. The quantitative estimate of drug-likeness (QED) is 0.754. The minimum Gasteiger partial charge on any atom is -0.352 e. The van der Waals surface area contributed by atoms with Gasteiger partial charge in [-0.2, -0.15) is 0 Å². The number of hydrogen-bond acceptors (Lipinski definition) is 4. The zero-order chi connectivity index (χ0) is 16.2. The van der Waals surface area contributed by atoms with E-state index < -0.39 is 0 Å². The van der Waals surface area contributed by atoms with Crippen LogP contribution in [0.4, 0.5) is 0 Å². The Morgan fingerprint density at radius 3 is 2.87 bits per heavy atom. The normalized spacial score (nSPS) is 15.3. The van der Waals surface area contributed by atoms with Gasteiger partial charge in [-0.25, -0.2) is 9.89 Å². The maximum atomic E-state index is 12.0. The minimum atomic E-state index is -0.277. The summed E-state index contributed by atoms with van der Waals surface area (Å²) >= 11 is 1.31. The van der Waals surface area contributed by atoms with E-state index in [0.29, 0.717) is 17.7 Å². The van der Waals surface area contributed by atoms with Gasteiger partial charge in [-0.05, 0) is 31.7 Å². The molecular weight excluding hydrogens is 312 g/mol. The van der Waals surface area contributed by atoms with Crippen molar-refractivity contribution in [1.29, 1.82) is 0 Å². The van der Waals surface area contributed by atoms with Crippen molar-refractivity contribution in [1.82, 2.24) is 20.1 Å². The van der Waals surface area contributed by atoms with Crippen LogP contribution in [-0.2, 0) is 17.8 Å². The highest BCUT2D eigenvalue weighted by Gasteiger charge is 2.27. The highest BCUT2D eigenvalue weighted by molar-refractivity contribution is 8.00. The topological polar surface area (TPSA) is 79.8 Å². The number of hydrogen-bond donors (Lipinski definition) is 2. The van der Waals surface area contributed by atoms with Crippen molar-refractivity contribution in [2.24, 2.45) is 0 Å². The molecule has 1 aliphatic rings. The van der Waals surface area contributed by atoms with Gasteiger partial charge in [-0.1, -0.05) is 42.1 Å². The van der Waals surface area contributed by atoms with Gasteiger partial charge in [0.15, 0.2) is 5.16 Å². The molecule has 1 unspecified atom stereocenters. The molecule has 6 nitrogen and oxygen atoms in total. The van der Waals surface area contributed by atoms with Gasteiger partial charge in [0, 0.05) is 12.6 Å². The molecule has 3 rings (SSSR count). The number of H-pyrrole nitrogens is 1. The lowest BCUT2D eigenvalue weighted by atomic mass is 10.1. The van der Waals surface area contributed by atoms with Gasteiger partial charge in [-0.15, -0.1) is 5.10 Å². The molecule has 1 fully saturated rings. The molecule has 0 radical (unpaired) electrons. The summed E-state index contributed by atoms with van der Waals surface area (Å²) in [4.78, 5) is 24.0. The molecule has 122 valence electrons. The maximum absolute atomic E-state index is 12.0. The van der Waals surface area contributed by atoms with Gasteiger partial charge in [0.05, 0.1) is 5.25 Å². The summed E-state index contributed by atoms with van der Waals surface area (Å²) in [5, 5.41) is 9.79. The van der Waals surface area contributed by atoms with Crippen molar-refractivity contribution in [3.63, 3.8) is 0 Å². The van der Waals surface area contributed by atoms with Crippen LogP contribution in [0.5, 0.6) is 0 Å². The van der Waals surface area contributed by atoms with E-state index >= 15 is 0 Å². The fraction of sp³-hybridized carbons (Fsp3) is 0.438. The number of aromatic amines is 1. The first kappa shape index (κ1) is 15.9. The first-order valence-corrected chi connectivity index (χ1v) is 8.67. The van der Waals surface area contributed by atoms with E-state index in [9.17, 15) is 9.59 Å². The van der Waals surface area contributed by atoms with Crippen molar-refractivity contribution in [2.75, 3.05) is 0 Å². The van der Waals surface area contributed by atoms with E-state index in [-0.39, 0.29) is 16.8 Å². The fourth-order valence-electron chi connectivity index (χ4n) is 2.23. The number of nitrogens with one attached hydrogen (secondary N) is 2. The molecule has 1 amide bonds. The zero-order valence-electron chi connectivity index (χ0n) is 13.0. The lowest BCUT2D eigenvalue weighted by Gasteiger charge is -2.11. The van der Waals surface area contributed by atoms with E-state index in [2.05, 4.69) is 15.5 Å². The lowest BCUT2D eigenvalue weighted by molar-refractivity contribution is -0.120. The Morgan fingerprint density at radius 1 is 1.43 bits per heavy atom. The van der Waals surface area contributed by atoms with Crippen LogP contribution in [-0.4, -0.2) is 32.0 Å². The number of carbonyl (C=O) groups is 1. The Bertz CT molecular complexity index is 721. The predicted octanol–water partition coefficient (Wildman–Crippen LogP) is 1.57. The Hall–Kier alpha value is -2.02. The molecule has 7 heteroatoms. The molecule has 0 saturated heterocycles. The summed E-state index contributed by atoms with van der Waals surface area (Å²) in [5.74, 6) is 0.00237. The summed E-state index contributed by atoms with van der Waals surface area (Å²) in [6.07, 6.45) is 2.87. The second-order valence-corrected chi connectivity index (χ2v) is 7.05. The maximum Gasteiger partial charge on any atom is 0.343 e. The Morgan fingerprint density at radius 2 is 2.17 bits per heavy atom. The molecule has 0 aliphatic heterocycles. The predicted molar refractivity (Wildman–Crippen MR) is 89.5 cm³/mol. The SMILES string of the molecule is CC(Sc1n[nH]c(=O)n1CCc1ccccc1)C(=O)NC1CC1. The Kier molecular flexibility index (Phi) is 4.85. The monoisotopic (exact) mass is 332 g/mol. The molecule has 0 bridgehead atoms. The summed E-state index contributed by atoms with van der Waals surface area (Å²) in [7, 11) is 0. The average molecular weight is 332 g/mol. The molecule has 1 aromatic carbocycles. The zero-order valence-corrected chi connectivity index (χ0v) is 13.8. The molecule has 1 saturated carbocycles. The van der Waals surface area contributed by atoms with Gasteiger partial charge < -0.3 is 5.32 Å². The summed E-state index contributed by atoms with van der Waals surface area (Å²) in [5.41, 5.74) is 0.925. The molecule has 2 aromatic rings. The number of benzene rings is 1. The van der Waals surface area contributed by atoms with E-state index in [1.807, 2.05) is 37.3 Å². The standard InChI is InChI=1S/C16H20N4O2S/c1-11(14(21)17-13-7-8-13)23-16-19-18-15(22)20(16)10-9-12-5-3-2-4-6-12/h2-6,11,13H,7-10H2,1H3,(H,17,21)(H,18,22). The Balaban J connectivity index is 1.63. The van der Waals surface area contributed by atoms with E-state index in [1.54, 1.807) is 4.57 Å². The number of carbonyl (C=O) groups excluding carboxylic acids is 1. The van der Waals surface area contributed by atoms with Crippen LogP contribution in [0.25, 0.3) is 0 Å². The third-order valence-corrected chi connectivity index (χ3v) is 4.86.